The lowest BCUT2D eigenvalue weighted by atomic mass is 9.86. The number of unbranched alkanes of at least 4 members (excludes halogenated alkanes) is 7. The first kappa shape index (κ1) is 28.2. The van der Waals surface area contributed by atoms with Gasteiger partial charge in [-0.1, -0.05) is 58.4 Å². The van der Waals surface area contributed by atoms with E-state index in [0.717, 1.165) is 30.6 Å². The van der Waals surface area contributed by atoms with Gasteiger partial charge in [0.15, 0.2) is 0 Å². The molecule has 0 bridgehead atoms. The van der Waals surface area contributed by atoms with Gasteiger partial charge in [0.25, 0.3) is 23.6 Å². The van der Waals surface area contributed by atoms with Gasteiger partial charge in [-0.05, 0) is 44.0 Å². The molecule has 2 aromatic rings. The van der Waals surface area contributed by atoms with Gasteiger partial charge in [-0.3, -0.25) is 29.0 Å². The molecule has 0 radical (unpaired) electrons. The van der Waals surface area contributed by atoms with Gasteiger partial charge in [0.2, 0.25) is 0 Å². The van der Waals surface area contributed by atoms with E-state index in [4.69, 9.17) is 4.74 Å². The molecule has 4 amide bonds. The molecule has 8 heteroatoms. The number of ether oxygens (including phenoxy) is 1. The summed E-state index contributed by atoms with van der Waals surface area (Å²) in [5.41, 5.74) is 1.51. The largest absolute Gasteiger partial charge is 0.462 e. The van der Waals surface area contributed by atoms with E-state index in [9.17, 15) is 24.0 Å². The van der Waals surface area contributed by atoms with Crippen LogP contribution in [0.1, 0.15) is 113 Å². The Labute approximate surface area is 229 Å². The van der Waals surface area contributed by atoms with E-state index in [0.29, 0.717) is 28.4 Å². The normalized spacial score (nSPS) is 14.4. The van der Waals surface area contributed by atoms with Crippen molar-refractivity contribution in [3.8, 4) is 0 Å². The van der Waals surface area contributed by atoms with Gasteiger partial charge in [-0.25, -0.2) is 4.79 Å². The molecule has 0 aliphatic carbocycles. The minimum Gasteiger partial charge on any atom is -0.462 e. The van der Waals surface area contributed by atoms with Crippen molar-refractivity contribution in [1.82, 2.24) is 9.80 Å². The van der Waals surface area contributed by atoms with E-state index in [1.807, 2.05) is 0 Å². The predicted molar refractivity (Wildman–Crippen MR) is 148 cm³/mol. The molecule has 2 aliphatic rings. The Morgan fingerprint density at radius 2 is 1.05 bits per heavy atom. The van der Waals surface area contributed by atoms with Crippen LogP contribution in [0.15, 0.2) is 36.4 Å². The van der Waals surface area contributed by atoms with Crippen molar-refractivity contribution < 1.29 is 28.7 Å². The molecule has 0 aromatic heterocycles. The highest BCUT2D eigenvalue weighted by molar-refractivity contribution is 6.33. The molecule has 0 spiro atoms. The summed E-state index contributed by atoms with van der Waals surface area (Å²) in [6.07, 6.45) is 9.14. The third-order valence-electron chi connectivity index (χ3n) is 7.41. The third kappa shape index (κ3) is 5.65. The smallest absolute Gasteiger partial charge is 0.333 e. The van der Waals surface area contributed by atoms with E-state index in [2.05, 4.69) is 13.5 Å². The maximum atomic E-state index is 13.4. The molecule has 0 saturated heterocycles. The molecule has 2 heterocycles. The van der Waals surface area contributed by atoms with Crippen molar-refractivity contribution in [3.05, 3.63) is 58.7 Å². The third-order valence-corrected chi connectivity index (χ3v) is 7.41. The number of esters is 1. The number of imide groups is 2. The molecule has 39 heavy (non-hydrogen) atoms. The van der Waals surface area contributed by atoms with Crippen LogP contribution in [0.25, 0.3) is 10.8 Å². The average molecular weight is 533 g/mol. The quantitative estimate of drug-likeness (QED) is 0.134. The molecule has 0 atom stereocenters. The Balaban J connectivity index is 1.48. The lowest BCUT2D eigenvalue weighted by molar-refractivity contribution is -0.139. The Morgan fingerprint density at radius 1 is 0.667 bits per heavy atom. The van der Waals surface area contributed by atoms with Gasteiger partial charge in [0.1, 0.15) is 0 Å². The van der Waals surface area contributed by atoms with Crippen LogP contribution in [0, 0.1) is 0 Å². The fourth-order valence-electron chi connectivity index (χ4n) is 5.30. The maximum Gasteiger partial charge on any atom is 0.333 e. The number of nitrogens with zero attached hydrogens (tertiary/aromatic N) is 2. The molecule has 2 aliphatic heterocycles. The zero-order valence-electron chi connectivity index (χ0n) is 22.8. The molecule has 206 valence electrons. The molecule has 2 aromatic carbocycles. The van der Waals surface area contributed by atoms with E-state index in [1.165, 1.54) is 30.6 Å². The fourth-order valence-corrected chi connectivity index (χ4v) is 5.30. The minimum absolute atomic E-state index is 0.0423. The highest BCUT2D eigenvalue weighted by Gasteiger charge is 2.39. The zero-order valence-corrected chi connectivity index (χ0v) is 22.8. The fraction of sp³-hybridized carbons (Fsp3) is 0.452. The van der Waals surface area contributed by atoms with E-state index in [1.54, 1.807) is 31.2 Å². The number of hydrogen-bond acceptors (Lipinski definition) is 6. The van der Waals surface area contributed by atoms with Crippen LogP contribution in [0.5, 0.6) is 0 Å². The standard InChI is InChI=1S/C31H36N2O6/c1-4-5-6-7-8-9-10-11-17-32-27(34)21-13-15-23-26-24(16-14-22(25(21)26)28(32)35)30(37)33(29(23)36)18-12-19-39-31(38)20(2)3/h13-16H,2,4-12,17-19H2,1,3H3. The molecular formula is C31H36N2O6. The molecule has 0 fully saturated rings. The second-order valence-electron chi connectivity index (χ2n) is 10.3. The Kier molecular flexibility index (Phi) is 8.94. The average Bonchev–Trinajstić information content (AvgIpc) is 2.92. The van der Waals surface area contributed by atoms with Gasteiger partial charge in [0, 0.05) is 51.7 Å². The van der Waals surface area contributed by atoms with Crippen LogP contribution in [-0.2, 0) is 9.53 Å². The summed E-state index contributed by atoms with van der Waals surface area (Å²) in [6, 6.07) is 6.30. The van der Waals surface area contributed by atoms with Gasteiger partial charge < -0.3 is 4.74 Å². The van der Waals surface area contributed by atoms with Crippen LogP contribution in [0.2, 0.25) is 0 Å². The van der Waals surface area contributed by atoms with Crippen LogP contribution in [0.3, 0.4) is 0 Å². The van der Waals surface area contributed by atoms with Gasteiger partial charge in [0.05, 0.1) is 6.61 Å². The first-order valence-electron chi connectivity index (χ1n) is 13.9. The number of amides is 4. The van der Waals surface area contributed by atoms with Crippen LogP contribution >= 0.6 is 0 Å². The number of rotatable bonds is 14. The highest BCUT2D eigenvalue weighted by atomic mass is 16.5. The summed E-state index contributed by atoms with van der Waals surface area (Å²) in [4.78, 5) is 67.3. The van der Waals surface area contributed by atoms with Crippen LogP contribution in [-0.4, -0.2) is 59.1 Å². The lowest BCUT2D eigenvalue weighted by Crippen LogP contribution is -2.43. The number of hydrogen-bond donors (Lipinski definition) is 0. The highest BCUT2D eigenvalue weighted by Crippen LogP contribution is 2.38. The van der Waals surface area contributed by atoms with Crippen LogP contribution < -0.4 is 0 Å². The maximum absolute atomic E-state index is 13.4. The summed E-state index contributed by atoms with van der Waals surface area (Å²) >= 11 is 0. The summed E-state index contributed by atoms with van der Waals surface area (Å²) in [7, 11) is 0. The van der Waals surface area contributed by atoms with Crippen molar-refractivity contribution in [2.24, 2.45) is 0 Å². The SMILES string of the molecule is C=C(C)C(=O)OCCCN1C(=O)c2ccc3c4c(ccc(c24)C1=O)C(=O)N(CCCCCCCCCC)C3=O. The molecule has 0 unspecified atom stereocenters. The summed E-state index contributed by atoms with van der Waals surface area (Å²) in [6.45, 7) is 7.71. The zero-order chi connectivity index (χ0) is 28.1. The first-order valence-corrected chi connectivity index (χ1v) is 13.9. The molecule has 4 rings (SSSR count). The number of carbonyl (C=O) groups is 5. The molecular weight excluding hydrogens is 496 g/mol. The van der Waals surface area contributed by atoms with Gasteiger partial charge >= 0.3 is 5.97 Å². The Bertz CT molecular complexity index is 1270. The van der Waals surface area contributed by atoms with Crippen molar-refractivity contribution in [1.29, 1.82) is 0 Å². The van der Waals surface area contributed by atoms with Gasteiger partial charge in [-0.2, -0.15) is 0 Å². The Morgan fingerprint density at radius 3 is 1.46 bits per heavy atom. The molecule has 0 N–H and O–H groups in total. The van der Waals surface area contributed by atoms with Crippen molar-refractivity contribution >= 4 is 40.4 Å². The van der Waals surface area contributed by atoms with Crippen molar-refractivity contribution in [3.63, 3.8) is 0 Å². The minimum atomic E-state index is -0.526. The molecule has 0 saturated carbocycles. The lowest BCUT2D eigenvalue weighted by Gasteiger charge is -2.32. The van der Waals surface area contributed by atoms with E-state index < -0.39 is 17.8 Å². The molecule has 8 nitrogen and oxygen atoms in total. The number of carbonyl (C=O) groups excluding carboxylic acids is 5. The van der Waals surface area contributed by atoms with E-state index in [-0.39, 0.29) is 48.1 Å². The first-order chi connectivity index (χ1) is 18.8. The summed E-state index contributed by atoms with van der Waals surface area (Å²) in [5.74, 6) is -2.30. The monoisotopic (exact) mass is 532 g/mol. The van der Waals surface area contributed by atoms with Crippen LogP contribution in [0.4, 0.5) is 0 Å². The topological polar surface area (TPSA) is 101 Å². The van der Waals surface area contributed by atoms with Gasteiger partial charge in [-0.15, -0.1) is 0 Å². The second kappa shape index (κ2) is 12.4. The summed E-state index contributed by atoms with van der Waals surface area (Å²) in [5, 5.41) is 0.738. The number of benzene rings is 2. The second-order valence-corrected chi connectivity index (χ2v) is 10.3. The predicted octanol–water partition coefficient (Wildman–Crippen LogP) is 5.68. The van der Waals surface area contributed by atoms with Crippen molar-refractivity contribution in [2.75, 3.05) is 19.7 Å². The Hall–Kier alpha value is -3.81. The van der Waals surface area contributed by atoms with Crippen molar-refractivity contribution in [2.45, 2.75) is 71.6 Å². The van der Waals surface area contributed by atoms with E-state index >= 15 is 0 Å². The summed E-state index contributed by atoms with van der Waals surface area (Å²) < 4.78 is 5.07.